The Morgan fingerprint density at radius 3 is 1.35 bits per heavy atom. The Kier molecular flexibility index (Phi) is 13.2. The van der Waals surface area contributed by atoms with Crippen LogP contribution in [-0.2, 0) is 46.5 Å². The van der Waals surface area contributed by atoms with E-state index in [9.17, 15) is 33.9 Å². The average molecular weight is 795 g/mol. The van der Waals surface area contributed by atoms with Gasteiger partial charge >= 0.3 is 36.3 Å². The first-order chi connectivity index (χ1) is 26.9. The van der Waals surface area contributed by atoms with Crippen molar-refractivity contribution in [3.05, 3.63) is 71.8 Å². The zero-order valence-corrected chi connectivity index (χ0v) is 33.6. The summed E-state index contributed by atoms with van der Waals surface area (Å²) in [6.07, 6.45) is -1.05. The molecule has 4 aliphatic heterocycles. The molecule has 310 valence electrons. The summed E-state index contributed by atoms with van der Waals surface area (Å²) in [5, 5.41) is 9.64. The van der Waals surface area contributed by atoms with Gasteiger partial charge in [-0.25, -0.2) is 19.2 Å². The third-order valence-electron chi connectivity index (χ3n) is 10.2. The number of hydrogen-bond acceptors (Lipinski definition) is 11. The predicted octanol–water partition coefficient (Wildman–Crippen LogP) is 5.52. The summed E-state index contributed by atoms with van der Waals surface area (Å²) in [5.41, 5.74) is 0.398. The molecule has 0 saturated carbocycles. The van der Waals surface area contributed by atoms with E-state index in [0.29, 0.717) is 25.9 Å². The van der Waals surface area contributed by atoms with Gasteiger partial charge in [-0.3, -0.25) is 9.59 Å². The molecular formula is C41H54N4O12. The van der Waals surface area contributed by atoms with E-state index in [2.05, 4.69) is 0 Å². The smallest absolute Gasteiger partial charge is 0.410 e. The third-order valence-corrected chi connectivity index (χ3v) is 10.2. The molecule has 0 aromatic heterocycles. The van der Waals surface area contributed by atoms with Gasteiger partial charge in [-0.15, -0.1) is 0 Å². The van der Waals surface area contributed by atoms with Crippen molar-refractivity contribution < 1.29 is 57.6 Å². The van der Waals surface area contributed by atoms with E-state index in [1.807, 2.05) is 60.7 Å². The molecule has 4 heterocycles. The summed E-state index contributed by atoms with van der Waals surface area (Å²) in [6.45, 7) is 11.8. The Morgan fingerprint density at radius 2 is 0.982 bits per heavy atom. The highest BCUT2D eigenvalue weighted by atomic mass is 16.6. The quantitative estimate of drug-likeness (QED) is 0.286. The van der Waals surface area contributed by atoms with E-state index in [0.717, 1.165) is 11.1 Å². The Bertz CT molecular complexity index is 1760. The minimum atomic E-state index is -1.04. The number of esters is 1. The molecule has 4 aliphatic rings. The number of carboxylic acid groups (broad SMARTS) is 1. The van der Waals surface area contributed by atoms with E-state index in [4.69, 9.17) is 23.7 Å². The van der Waals surface area contributed by atoms with E-state index < -0.39 is 77.5 Å². The highest BCUT2D eigenvalue weighted by molar-refractivity contribution is 5.80. The largest absolute Gasteiger partial charge is 0.481 e. The highest BCUT2D eigenvalue weighted by Crippen LogP contribution is 2.39. The lowest BCUT2D eigenvalue weighted by atomic mass is 10.00. The van der Waals surface area contributed by atoms with Crippen molar-refractivity contribution in [3.63, 3.8) is 0 Å². The molecule has 1 N–H and O–H groups in total. The summed E-state index contributed by atoms with van der Waals surface area (Å²) >= 11 is 0. The monoisotopic (exact) mass is 794 g/mol. The van der Waals surface area contributed by atoms with Gasteiger partial charge in [0.25, 0.3) is 0 Å². The topological polar surface area (TPSA) is 182 Å². The van der Waals surface area contributed by atoms with Gasteiger partial charge in [0.2, 0.25) is 0 Å². The Labute approximate surface area is 332 Å². The van der Waals surface area contributed by atoms with Gasteiger partial charge in [0, 0.05) is 26.2 Å². The summed E-state index contributed by atoms with van der Waals surface area (Å²) in [5.74, 6) is -2.99. The second kappa shape index (κ2) is 17.7. The molecule has 2 aromatic carbocycles. The fourth-order valence-corrected chi connectivity index (χ4v) is 7.84. The fraction of sp³-hybridized carbons (Fsp3) is 0.561. The lowest BCUT2D eigenvalue weighted by molar-refractivity contribution is -0.146. The number of nitrogens with zero attached hydrogens (tertiary/aromatic N) is 4. The van der Waals surface area contributed by atoms with Crippen molar-refractivity contribution in [2.45, 2.75) is 103 Å². The van der Waals surface area contributed by atoms with Crippen LogP contribution in [0.1, 0.15) is 65.5 Å². The normalized spacial score (nSPS) is 23.8. The lowest BCUT2D eigenvalue weighted by Gasteiger charge is -2.30. The number of carbonyl (C=O) groups is 6. The van der Waals surface area contributed by atoms with Crippen molar-refractivity contribution in [2.75, 3.05) is 33.3 Å². The minimum absolute atomic E-state index is 0.0115. The molecule has 16 nitrogen and oxygen atoms in total. The minimum Gasteiger partial charge on any atom is -0.481 e. The number of carbonyl (C=O) groups excluding carboxylic acids is 5. The van der Waals surface area contributed by atoms with Crippen LogP contribution in [0.25, 0.3) is 0 Å². The molecule has 4 saturated heterocycles. The van der Waals surface area contributed by atoms with Gasteiger partial charge < -0.3 is 48.4 Å². The molecule has 0 spiro atoms. The van der Waals surface area contributed by atoms with Crippen molar-refractivity contribution in [2.24, 2.45) is 11.8 Å². The maximum absolute atomic E-state index is 12.7. The van der Waals surface area contributed by atoms with Crippen LogP contribution >= 0.6 is 0 Å². The number of fused-ring (bicyclic) bond motifs is 2. The van der Waals surface area contributed by atoms with Crippen molar-refractivity contribution in [3.8, 4) is 0 Å². The summed E-state index contributed by atoms with van der Waals surface area (Å²) < 4.78 is 26.7. The number of benzene rings is 2. The SMILES string of the molecule is CC(C)(C)OC(=O)N1CC[C@@H]2[C@H]1[C@@H](C(=O)O)CN2C(=O)OCc1ccccc1.COC(=O)[C@H]1CN(C(=O)OCc2ccccc2)[C@@H]2CCN(C(=O)OC(C)(C)C)[C@H]12. The molecule has 4 fully saturated rings. The van der Waals surface area contributed by atoms with Gasteiger partial charge in [-0.2, -0.15) is 0 Å². The summed E-state index contributed by atoms with van der Waals surface area (Å²) in [4.78, 5) is 80.7. The number of ether oxygens (including phenoxy) is 5. The molecule has 6 atom stereocenters. The first-order valence-corrected chi connectivity index (χ1v) is 19.1. The number of aliphatic carboxylic acids is 1. The first-order valence-electron chi connectivity index (χ1n) is 19.1. The Hall–Kier alpha value is -5.54. The molecular weight excluding hydrogens is 740 g/mol. The van der Waals surface area contributed by atoms with Gasteiger partial charge in [-0.05, 0) is 65.5 Å². The Balaban J connectivity index is 0.000000218. The van der Waals surface area contributed by atoms with Crippen LogP contribution in [0.2, 0.25) is 0 Å². The van der Waals surface area contributed by atoms with E-state index in [-0.39, 0.29) is 32.3 Å². The van der Waals surface area contributed by atoms with Gasteiger partial charge in [0.1, 0.15) is 24.4 Å². The summed E-state index contributed by atoms with van der Waals surface area (Å²) in [6, 6.07) is 16.9. The van der Waals surface area contributed by atoms with Crippen molar-refractivity contribution in [1.82, 2.24) is 19.6 Å². The fourth-order valence-electron chi connectivity index (χ4n) is 7.84. The van der Waals surface area contributed by atoms with Crippen molar-refractivity contribution >= 4 is 36.3 Å². The van der Waals surface area contributed by atoms with Gasteiger partial charge in [0.15, 0.2) is 0 Å². The summed E-state index contributed by atoms with van der Waals surface area (Å²) in [7, 11) is 1.31. The number of methoxy groups -OCH3 is 1. The van der Waals surface area contributed by atoms with Gasteiger partial charge in [0.05, 0.1) is 43.1 Å². The number of rotatable bonds is 6. The molecule has 0 bridgehead atoms. The first kappa shape index (κ1) is 42.6. The van der Waals surface area contributed by atoms with Crippen LogP contribution in [0.15, 0.2) is 60.7 Å². The zero-order chi connectivity index (χ0) is 41.7. The maximum Gasteiger partial charge on any atom is 0.410 e. The molecule has 6 rings (SSSR count). The standard InChI is InChI=1S/C21H28N2O6.C20H26N2O6/c1-21(2,3)29-20(26)22-11-10-16-17(22)15(18(24)27-4)12-23(16)19(25)28-13-14-8-6-5-7-9-14;1-20(2,3)28-19(26)21-10-9-15-16(21)14(17(23)24)11-22(15)18(25)27-12-13-7-5-4-6-8-13/h5-9,15-17H,10-13H2,1-4H3;4-8,14-16H,9-12H2,1-3H3,(H,23,24)/t15-,16+,17+;14-,15+,16+/m00/s1. The highest BCUT2D eigenvalue weighted by Gasteiger charge is 2.57. The van der Waals surface area contributed by atoms with Crippen LogP contribution in [0.5, 0.6) is 0 Å². The van der Waals surface area contributed by atoms with Crippen LogP contribution in [0.3, 0.4) is 0 Å². The molecule has 0 unspecified atom stereocenters. The van der Waals surface area contributed by atoms with Crippen LogP contribution in [-0.4, -0.2) is 130 Å². The van der Waals surface area contributed by atoms with E-state index >= 15 is 0 Å². The second-order valence-corrected chi connectivity index (χ2v) is 16.5. The predicted molar refractivity (Wildman–Crippen MR) is 204 cm³/mol. The molecule has 16 heteroatoms. The molecule has 4 amide bonds. The third kappa shape index (κ3) is 10.5. The number of hydrogen-bond donors (Lipinski definition) is 1. The van der Waals surface area contributed by atoms with Crippen LogP contribution in [0, 0.1) is 11.8 Å². The number of carboxylic acids is 1. The molecule has 0 radical (unpaired) electrons. The molecule has 57 heavy (non-hydrogen) atoms. The van der Waals surface area contributed by atoms with Crippen molar-refractivity contribution in [1.29, 1.82) is 0 Å². The zero-order valence-electron chi connectivity index (χ0n) is 33.6. The Morgan fingerprint density at radius 1 is 0.596 bits per heavy atom. The average Bonchev–Trinajstić information content (AvgIpc) is 3.94. The van der Waals surface area contributed by atoms with E-state index in [1.165, 1.54) is 16.9 Å². The lowest BCUT2D eigenvalue weighted by Crippen LogP contribution is -2.47. The maximum atomic E-state index is 12.7. The molecule has 0 aliphatic carbocycles. The van der Waals surface area contributed by atoms with Crippen LogP contribution < -0.4 is 0 Å². The number of amides is 4. The van der Waals surface area contributed by atoms with E-state index in [1.54, 1.807) is 51.3 Å². The second-order valence-electron chi connectivity index (χ2n) is 16.5. The van der Waals surface area contributed by atoms with Gasteiger partial charge in [-0.1, -0.05) is 60.7 Å². The molecule has 2 aromatic rings. The van der Waals surface area contributed by atoms with Crippen LogP contribution in [0.4, 0.5) is 19.2 Å². The number of likely N-dealkylation sites (tertiary alicyclic amines) is 4.